The Balaban J connectivity index is 1.71. The lowest BCUT2D eigenvalue weighted by atomic mass is 10.1. The van der Waals surface area contributed by atoms with Crippen LogP contribution in [0, 0.1) is 13.8 Å². The molecular weight excluding hydrogens is 382 g/mol. The van der Waals surface area contributed by atoms with Crippen molar-refractivity contribution in [1.29, 1.82) is 0 Å². The molecule has 0 saturated carbocycles. The summed E-state index contributed by atoms with van der Waals surface area (Å²) in [5, 5.41) is 8.18. The number of nitrogens with zero attached hydrogens (tertiary/aromatic N) is 1. The quantitative estimate of drug-likeness (QED) is 0.670. The standard InChI is InChI=1S/C19H19N3O3S2/c1-12-5-4-6-16(13(12)2)21-18(23)17-11-26-19(22-17)20-14-7-9-15(10-8-14)27(3,24)25/h4-11H,1-3H3,(H,20,22)(H,21,23). The molecule has 0 saturated heterocycles. The van der Waals surface area contributed by atoms with Gasteiger partial charge in [-0.15, -0.1) is 11.3 Å². The maximum absolute atomic E-state index is 12.4. The van der Waals surface area contributed by atoms with Crippen molar-refractivity contribution in [2.24, 2.45) is 0 Å². The van der Waals surface area contributed by atoms with Crippen molar-refractivity contribution in [3.63, 3.8) is 0 Å². The lowest BCUT2D eigenvalue weighted by molar-refractivity contribution is 0.102. The highest BCUT2D eigenvalue weighted by Gasteiger charge is 2.13. The van der Waals surface area contributed by atoms with Gasteiger partial charge in [0.1, 0.15) is 5.69 Å². The molecule has 2 N–H and O–H groups in total. The molecule has 0 fully saturated rings. The van der Waals surface area contributed by atoms with Gasteiger partial charge in [-0.1, -0.05) is 12.1 Å². The van der Waals surface area contributed by atoms with Crippen molar-refractivity contribution in [3.8, 4) is 0 Å². The Morgan fingerprint density at radius 2 is 1.78 bits per heavy atom. The number of aryl methyl sites for hydroxylation is 1. The molecule has 0 spiro atoms. The van der Waals surface area contributed by atoms with Crippen LogP contribution in [0.4, 0.5) is 16.5 Å². The Morgan fingerprint density at radius 3 is 2.44 bits per heavy atom. The predicted octanol–water partition coefficient (Wildman–Crippen LogP) is 4.16. The first kappa shape index (κ1) is 19.1. The second-order valence-corrected chi connectivity index (χ2v) is 9.03. The number of thiazole rings is 1. The van der Waals surface area contributed by atoms with Crippen molar-refractivity contribution < 1.29 is 13.2 Å². The largest absolute Gasteiger partial charge is 0.332 e. The number of carbonyl (C=O) groups is 1. The number of sulfone groups is 1. The van der Waals surface area contributed by atoms with Crippen LogP contribution in [0.15, 0.2) is 52.7 Å². The maximum Gasteiger partial charge on any atom is 0.275 e. The van der Waals surface area contributed by atoms with Crippen LogP contribution in [0.2, 0.25) is 0 Å². The van der Waals surface area contributed by atoms with Crippen LogP contribution in [0.25, 0.3) is 0 Å². The number of carbonyl (C=O) groups excluding carboxylic acids is 1. The van der Waals surface area contributed by atoms with Crippen LogP contribution in [0.5, 0.6) is 0 Å². The van der Waals surface area contributed by atoms with Crippen molar-refractivity contribution in [2.75, 3.05) is 16.9 Å². The number of rotatable bonds is 5. The molecule has 0 radical (unpaired) electrons. The summed E-state index contributed by atoms with van der Waals surface area (Å²) in [7, 11) is -3.23. The van der Waals surface area contributed by atoms with Crippen LogP contribution in [0.3, 0.4) is 0 Å². The minimum atomic E-state index is -3.23. The molecule has 1 heterocycles. The molecule has 140 valence electrons. The Labute approximate surface area is 162 Å². The fourth-order valence-corrected chi connectivity index (χ4v) is 3.76. The van der Waals surface area contributed by atoms with Gasteiger partial charge in [0.15, 0.2) is 15.0 Å². The topological polar surface area (TPSA) is 88.2 Å². The number of nitrogens with one attached hydrogen (secondary N) is 2. The summed E-state index contributed by atoms with van der Waals surface area (Å²) >= 11 is 1.30. The molecule has 1 amide bonds. The number of anilines is 3. The highest BCUT2D eigenvalue weighted by molar-refractivity contribution is 7.90. The van der Waals surface area contributed by atoms with Crippen molar-refractivity contribution in [2.45, 2.75) is 18.7 Å². The first-order chi connectivity index (χ1) is 12.7. The molecule has 1 aromatic heterocycles. The molecule has 0 atom stereocenters. The SMILES string of the molecule is Cc1cccc(NC(=O)c2csc(Nc3ccc(S(C)(=O)=O)cc3)n2)c1C. The first-order valence-electron chi connectivity index (χ1n) is 8.14. The van der Waals surface area contributed by atoms with Crippen molar-refractivity contribution in [3.05, 3.63) is 64.7 Å². The van der Waals surface area contributed by atoms with Gasteiger partial charge in [0.2, 0.25) is 0 Å². The highest BCUT2D eigenvalue weighted by atomic mass is 32.2. The van der Waals surface area contributed by atoms with E-state index >= 15 is 0 Å². The molecule has 0 aliphatic carbocycles. The predicted molar refractivity (Wildman–Crippen MR) is 109 cm³/mol. The molecule has 2 aromatic carbocycles. The normalized spacial score (nSPS) is 11.2. The summed E-state index contributed by atoms with van der Waals surface area (Å²) < 4.78 is 23.0. The van der Waals surface area contributed by atoms with Gasteiger partial charge < -0.3 is 10.6 Å². The summed E-state index contributed by atoms with van der Waals surface area (Å²) in [6, 6.07) is 12.1. The molecule has 3 rings (SSSR count). The van der Waals surface area contributed by atoms with E-state index in [0.29, 0.717) is 16.5 Å². The maximum atomic E-state index is 12.4. The third-order valence-electron chi connectivity index (χ3n) is 4.12. The lowest BCUT2D eigenvalue weighted by Crippen LogP contribution is -2.13. The zero-order valence-electron chi connectivity index (χ0n) is 15.1. The third kappa shape index (κ3) is 4.53. The lowest BCUT2D eigenvalue weighted by Gasteiger charge is -2.09. The van der Waals surface area contributed by atoms with Crippen molar-refractivity contribution in [1.82, 2.24) is 4.98 Å². The van der Waals surface area contributed by atoms with Crippen LogP contribution in [-0.4, -0.2) is 25.6 Å². The molecule has 8 heteroatoms. The Bertz CT molecular complexity index is 1090. The van der Waals surface area contributed by atoms with Gasteiger partial charge in [0.25, 0.3) is 5.91 Å². The van der Waals surface area contributed by atoms with E-state index in [0.717, 1.165) is 23.1 Å². The second kappa shape index (κ2) is 7.50. The van der Waals surface area contributed by atoms with Crippen LogP contribution in [0.1, 0.15) is 21.6 Å². The number of amides is 1. The van der Waals surface area contributed by atoms with Gasteiger partial charge >= 0.3 is 0 Å². The molecule has 0 bridgehead atoms. The molecule has 6 nitrogen and oxygen atoms in total. The summed E-state index contributed by atoms with van der Waals surface area (Å²) in [6.45, 7) is 3.95. The monoisotopic (exact) mass is 401 g/mol. The molecular formula is C19H19N3O3S2. The molecule has 0 unspecified atom stereocenters. The second-order valence-electron chi connectivity index (χ2n) is 6.16. The van der Waals surface area contributed by atoms with E-state index in [9.17, 15) is 13.2 Å². The van der Waals surface area contributed by atoms with Gasteiger partial charge in [0.05, 0.1) is 4.90 Å². The smallest absolute Gasteiger partial charge is 0.275 e. The van der Waals surface area contributed by atoms with E-state index in [-0.39, 0.29) is 10.8 Å². The Morgan fingerprint density at radius 1 is 1.07 bits per heavy atom. The van der Waals surface area contributed by atoms with Crippen molar-refractivity contribution >= 4 is 43.6 Å². The zero-order chi connectivity index (χ0) is 19.6. The fourth-order valence-electron chi connectivity index (χ4n) is 2.42. The number of hydrogen-bond donors (Lipinski definition) is 2. The van der Waals surface area contributed by atoms with Crippen LogP contribution >= 0.6 is 11.3 Å². The van der Waals surface area contributed by atoms with E-state index in [1.165, 1.54) is 23.5 Å². The molecule has 27 heavy (non-hydrogen) atoms. The highest BCUT2D eigenvalue weighted by Crippen LogP contribution is 2.24. The van der Waals surface area contributed by atoms with Gasteiger partial charge in [-0.05, 0) is 55.3 Å². The number of hydrogen-bond acceptors (Lipinski definition) is 6. The Hall–Kier alpha value is -2.71. The summed E-state index contributed by atoms with van der Waals surface area (Å²) in [4.78, 5) is 17.0. The summed E-state index contributed by atoms with van der Waals surface area (Å²) in [6.07, 6.45) is 1.16. The minimum absolute atomic E-state index is 0.251. The van der Waals surface area contributed by atoms with E-state index in [2.05, 4.69) is 15.6 Å². The minimum Gasteiger partial charge on any atom is -0.332 e. The number of aromatic nitrogens is 1. The van der Waals surface area contributed by atoms with Crippen LogP contribution < -0.4 is 10.6 Å². The third-order valence-corrected chi connectivity index (χ3v) is 6.01. The fraction of sp³-hybridized carbons (Fsp3) is 0.158. The summed E-state index contributed by atoms with van der Waals surface area (Å²) in [5.41, 5.74) is 3.89. The zero-order valence-corrected chi connectivity index (χ0v) is 16.7. The summed E-state index contributed by atoms with van der Waals surface area (Å²) in [5.74, 6) is -0.277. The van der Waals surface area contributed by atoms with E-state index < -0.39 is 9.84 Å². The van der Waals surface area contributed by atoms with Gasteiger partial charge in [0, 0.05) is 23.0 Å². The van der Waals surface area contributed by atoms with Crippen LogP contribution in [-0.2, 0) is 9.84 Å². The van der Waals surface area contributed by atoms with Gasteiger partial charge in [-0.3, -0.25) is 4.79 Å². The number of benzene rings is 2. The Kier molecular flexibility index (Phi) is 5.29. The van der Waals surface area contributed by atoms with Gasteiger partial charge in [-0.2, -0.15) is 0 Å². The van der Waals surface area contributed by atoms with E-state index in [4.69, 9.17) is 0 Å². The first-order valence-corrected chi connectivity index (χ1v) is 10.9. The molecule has 0 aliphatic rings. The molecule has 3 aromatic rings. The van der Waals surface area contributed by atoms with E-state index in [1.54, 1.807) is 17.5 Å². The molecule has 0 aliphatic heterocycles. The van der Waals surface area contributed by atoms with E-state index in [1.807, 2.05) is 32.0 Å². The average Bonchev–Trinajstić information content (AvgIpc) is 3.07. The average molecular weight is 402 g/mol. The van der Waals surface area contributed by atoms with Gasteiger partial charge in [-0.25, -0.2) is 13.4 Å².